The van der Waals surface area contributed by atoms with Gasteiger partial charge in [0.2, 0.25) is 0 Å². The van der Waals surface area contributed by atoms with Crippen LogP contribution in [-0.4, -0.2) is 11.9 Å². The first kappa shape index (κ1) is 29.4. The van der Waals surface area contributed by atoms with Crippen molar-refractivity contribution in [2.45, 2.75) is 12.8 Å². The minimum Gasteiger partial charge on any atom is -0.550 e. The number of carboxylic acids is 2. The first-order chi connectivity index (χ1) is 3.63. The molecule has 0 aliphatic heterocycles. The predicted molar refractivity (Wildman–Crippen MR) is 19.2 cm³/mol. The topological polar surface area (TPSA) is 80.3 Å². The van der Waals surface area contributed by atoms with Crippen molar-refractivity contribution in [1.29, 1.82) is 0 Å². The monoisotopic (exact) mass is 208 g/mol. The molecule has 0 saturated carbocycles. The molecule has 0 spiro atoms. The van der Waals surface area contributed by atoms with Gasteiger partial charge in [0.05, 0.1) is 0 Å². The first-order valence-electron chi connectivity index (χ1n) is 2.02. The molecule has 0 bridgehead atoms. The largest absolute Gasteiger partial charge is 1.00 e. The van der Waals surface area contributed by atoms with Crippen LogP contribution in [0.3, 0.4) is 0 Å². The Morgan fingerprint density at radius 3 is 1.00 bits per heavy atom. The van der Waals surface area contributed by atoms with E-state index in [1.165, 1.54) is 0 Å². The zero-order valence-corrected chi connectivity index (χ0v) is 16.0. The van der Waals surface area contributed by atoms with E-state index in [4.69, 9.17) is 0 Å². The van der Waals surface area contributed by atoms with Gasteiger partial charge in [-0.25, -0.2) is 0 Å². The maximum atomic E-state index is 9.50. The Bertz CT molecular complexity index is 104. The summed E-state index contributed by atoms with van der Waals surface area (Å²) in [5, 5.41) is 19.0. The number of hydrogen-bond acceptors (Lipinski definition) is 4. The molecule has 8 heteroatoms. The summed E-state index contributed by atoms with van der Waals surface area (Å²) < 4.78 is 0. The van der Waals surface area contributed by atoms with Crippen LogP contribution >= 0.6 is 0 Å². The van der Waals surface area contributed by atoms with Crippen LogP contribution in [-0.2, 0) is 9.59 Å². The molecule has 0 radical (unpaired) electrons. The fourth-order valence-corrected chi connectivity index (χ4v) is 0.204. The van der Waals surface area contributed by atoms with Crippen molar-refractivity contribution in [3.05, 3.63) is 0 Å². The molecule has 4 nitrogen and oxygen atoms in total. The summed E-state index contributed by atoms with van der Waals surface area (Å²) in [5.41, 5.74) is 0. The quantitative estimate of drug-likeness (QED) is 0.431. The maximum absolute atomic E-state index is 9.50. The van der Waals surface area contributed by atoms with E-state index in [2.05, 4.69) is 0 Å². The second-order valence-electron chi connectivity index (χ2n) is 1.24. The number of aliphatic carboxylic acids is 2. The van der Waals surface area contributed by atoms with Crippen LogP contribution in [0.15, 0.2) is 0 Å². The first-order valence-corrected chi connectivity index (χ1v) is 2.02. The van der Waals surface area contributed by atoms with E-state index >= 15 is 0 Å². The third kappa shape index (κ3) is 29.3. The van der Waals surface area contributed by atoms with Crippen molar-refractivity contribution in [2.75, 3.05) is 0 Å². The molecule has 12 heavy (non-hydrogen) atoms. The fourth-order valence-electron chi connectivity index (χ4n) is 0.204. The second kappa shape index (κ2) is 19.5. The van der Waals surface area contributed by atoms with Crippen molar-refractivity contribution in [3.63, 3.8) is 0 Å². The molecule has 0 aliphatic carbocycles. The summed E-state index contributed by atoms with van der Waals surface area (Å²) >= 11 is 0. The zero-order valence-electron chi connectivity index (χ0n) is 8.05. The average Bonchev–Trinajstić information content (AvgIpc) is 1.61. The Balaban J connectivity index is -0.0000000408. The van der Waals surface area contributed by atoms with Crippen LogP contribution in [0.25, 0.3) is 0 Å². The van der Waals surface area contributed by atoms with E-state index < -0.39 is 24.8 Å². The third-order valence-electron chi connectivity index (χ3n) is 0.533. The van der Waals surface area contributed by atoms with E-state index in [9.17, 15) is 19.8 Å². The molecule has 0 heterocycles. The number of hydrogen-bond donors (Lipinski definition) is 0. The van der Waals surface area contributed by atoms with Crippen LogP contribution in [0.1, 0.15) is 12.8 Å². The molecular formula is C4H4Na4O4+2. The fraction of sp³-hybridized carbons (Fsp3) is 0.500. The summed E-state index contributed by atoms with van der Waals surface area (Å²) in [4.78, 5) is 19.0. The normalized spacial score (nSPS) is 5.67. The van der Waals surface area contributed by atoms with Crippen LogP contribution in [0.2, 0.25) is 0 Å². The van der Waals surface area contributed by atoms with Gasteiger partial charge in [-0.1, -0.05) is 0 Å². The van der Waals surface area contributed by atoms with Crippen molar-refractivity contribution < 1.29 is 138 Å². The van der Waals surface area contributed by atoms with Gasteiger partial charge in [0.25, 0.3) is 0 Å². The molecule has 0 aromatic carbocycles. The van der Waals surface area contributed by atoms with E-state index in [1.54, 1.807) is 0 Å². The van der Waals surface area contributed by atoms with E-state index in [1.807, 2.05) is 0 Å². The van der Waals surface area contributed by atoms with Crippen LogP contribution in [0.4, 0.5) is 0 Å². The number of carboxylic acid groups (broad SMARTS) is 2. The molecule has 0 fully saturated rings. The molecule has 0 amide bonds. The number of carbonyl (C=O) groups excluding carboxylic acids is 2. The van der Waals surface area contributed by atoms with Crippen LogP contribution < -0.4 is 128 Å². The van der Waals surface area contributed by atoms with Gasteiger partial charge in [-0.2, -0.15) is 0 Å². The molecule has 46 valence electrons. The Morgan fingerprint density at radius 2 is 0.917 bits per heavy atom. The minimum atomic E-state index is -1.37. The summed E-state index contributed by atoms with van der Waals surface area (Å²) in [5.74, 6) is -2.73. The van der Waals surface area contributed by atoms with E-state index in [0.717, 1.165) is 0 Å². The summed E-state index contributed by atoms with van der Waals surface area (Å²) in [7, 11) is 0. The van der Waals surface area contributed by atoms with Crippen molar-refractivity contribution in [2.24, 2.45) is 0 Å². The van der Waals surface area contributed by atoms with Crippen LogP contribution in [0.5, 0.6) is 0 Å². The van der Waals surface area contributed by atoms with Crippen molar-refractivity contribution in [1.82, 2.24) is 0 Å². The van der Waals surface area contributed by atoms with Gasteiger partial charge in [0.15, 0.2) is 0 Å². The number of carbonyl (C=O) groups is 2. The molecule has 0 aromatic rings. The summed E-state index contributed by atoms with van der Waals surface area (Å²) in [6.07, 6.45) is -0.940. The molecule has 0 unspecified atom stereocenters. The molecule has 0 N–H and O–H groups in total. The number of rotatable bonds is 3. The smallest absolute Gasteiger partial charge is 0.550 e. The van der Waals surface area contributed by atoms with Gasteiger partial charge in [-0.05, 0) is 12.8 Å². The summed E-state index contributed by atoms with van der Waals surface area (Å²) in [6.45, 7) is 0. The van der Waals surface area contributed by atoms with Crippen molar-refractivity contribution >= 4 is 11.9 Å². The zero-order chi connectivity index (χ0) is 6.57. The van der Waals surface area contributed by atoms with Gasteiger partial charge in [0.1, 0.15) is 0 Å². The predicted octanol–water partition coefficient (Wildman–Crippen LogP) is -14.7. The van der Waals surface area contributed by atoms with Gasteiger partial charge >= 0.3 is 118 Å². The SMILES string of the molecule is O=C([O-])CCC(=O)[O-].[Na+].[Na+].[Na+].[Na+]. The van der Waals surface area contributed by atoms with E-state index in [0.29, 0.717) is 0 Å². The second-order valence-corrected chi connectivity index (χ2v) is 1.24. The standard InChI is InChI=1S/C4H6O4.4Na/c5-3(6)1-2-4(7)8;;;;/h1-2H2,(H,5,6)(H,7,8);;;;/q;4*+1/p-2. The van der Waals surface area contributed by atoms with Gasteiger partial charge in [0, 0.05) is 11.9 Å². The van der Waals surface area contributed by atoms with Gasteiger partial charge < -0.3 is 19.8 Å². The molecule has 0 aromatic heterocycles. The Labute approximate surface area is 159 Å². The molecule has 0 rings (SSSR count). The Kier molecular flexibility index (Phi) is 47.8. The average molecular weight is 208 g/mol. The van der Waals surface area contributed by atoms with E-state index in [-0.39, 0.29) is 118 Å². The molecule has 0 aliphatic rings. The minimum absolute atomic E-state index is 0. The molecule has 0 saturated heterocycles. The Morgan fingerprint density at radius 1 is 0.750 bits per heavy atom. The third-order valence-corrected chi connectivity index (χ3v) is 0.533. The molecular weight excluding hydrogens is 204 g/mol. The Hall–Kier alpha value is 2.94. The summed E-state index contributed by atoms with van der Waals surface area (Å²) in [6, 6.07) is 0. The maximum Gasteiger partial charge on any atom is 1.00 e. The van der Waals surface area contributed by atoms with Crippen LogP contribution in [0, 0.1) is 0 Å². The van der Waals surface area contributed by atoms with Gasteiger partial charge in [-0.15, -0.1) is 0 Å². The van der Waals surface area contributed by atoms with Gasteiger partial charge in [-0.3, -0.25) is 0 Å². The molecule has 0 atom stereocenters. The van der Waals surface area contributed by atoms with Crippen molar-refractivity contribution in [3.8, 4) is 0 Å².